The van der Waals surface area contributed by atoms with E-state index in [0.717, 1.165) is 24.1 Å². The van der Waals surface area contributed by atoms with Crippen molar-refractivity contribution >= 4 is 0 Å². The molecular weight excluding hydrogens is 316 g/mol. The maximum atomic E-state index is 13.3. The highest BCUT2D eigenvalue weighted by molar-refractivity contribution is 5.59. The standard InChI is InChI=1S/C17H13F2N3O2/c18-12-3-1-9(5-13(12)19)14-4-2-10(7-20-14)11-6-15(11)22-16(23)8-21-17(22)24/h1-5,7-8,11,15,23H,6H2,(H,21,24)/t11-,15+/m0/s1. The van der Waals surface area contributed by atoms with Crippen LogP contribution in [-0.4, -0.2) is 19.6 Å². The summed E-state index contributed by atoms with van der Waals surface area (Å²) in [7, 11) is 0. The number of imidazole rings is 1. The Hall–Kier alpha value is -2.96. The van der Waals surface area contributed by atoms with E-state index in [1.807, 2.05) is 6.07 Å². The quantitative estimate of drug-likeness (QED) is 0.776. The highest BCUT2D eigenvalue weighted by Crippen LogP contribution is 2.51. The molecule has 2 aromatic heterocycles. The largest absolute Gasteiger partial charge is 0.493 e. The van der Waals surface area contributed by atoms with Crippen LogP contribution in [0, 0.1) is 11.6 Å². The molecule has 0 amide bonds. The van der Waals surface area contributed by atoms with Gasteiger partial charge in [-0.05, 0) is 36.2 Å². The molecular formula is C17H13F2N3O2. The monoisotopic (exact) mass is 329 g/mol. The fourth-order valence-corrected chi connectivity index (χ4v) is 2.97. The van der Waals surface area contributed by atoms with E-state index in [-0.39, 0.29) is 23.5 Å². The zero-order valence-corrected chi connectivity index (χ0v) is 12.4. The second kappa shape index (κ2) is 5.30. The second-order valence-electron chi connectivity index (χ2n) is 5.84. The van der Waals surface area contributed by atoms with Gasteiger partial charge in [-0.3, -0.25) is 9.55 Å². The number of aromatic nitrogens is 3. The number of halogens is 2. The third-order valence-electron chi connectivity index (χ3n) is 4.31. The highest BCUT2D eigenvalue weighted by atomic mass is 19.2. The van der Waals surface area contributed by atoms with Crippen molar-refractivity contribution in [2.24, 2.45) is 0 Å². The number of aromatic hydroxyl groups is 1. The lowest BCUT2D eigenvalue weighted by Crippen LogP contribution is -2.15. The number of pyridine rings is 1. The first-order valence-electron chi connectivity index (χ1n) is 7.45. The van der Waals surface area contributed by atoms with Crippen LogP contribution in [0.4, 0.5) is 8.78 Å². The van der Waals surface area contributed by atoms with E-state index in [1.54, 1.807) is 12.3 Å². The van der Waals surface area contributed by atoms with Gasteiger partial charge in [0.25, 0.3) is 0 Å². The molecule has 122 valence electrons. The van der Waals surface area contributed by atoms with Gasteiger partial charge in [0.15, 0.2) is 11.6 Å². The van der Waals surface area contributed by atoms with Crippen molar-refractivity contribution in [1.29, 1.82) is 0 Å². The summed E-state index contributed by atoms with van der Waals surface area (Å²) >= 11 is 0. The molecule has 4 rings (SSSR count). The molecule has 0 bridgehead atoms. The Balaban J connectivity index is 1.57. The molecule has 1 aromatic carbocycles. The third-order valence-corrected chi connectivity index (χ3v) is 4.31. The summed E-state index contributed by atoms with van der Waals surface area (Å²) < 4.78 is 27.6. The molecule has 2 N–H and O–H groups in total. The van der Waals surface area contributed by atoms with E-state index in [0.29, 0.717) is 11.3 Å². The summed E-state index contributed by atoms with van der Waals surface area (Å²) in [5, 5.41) is 9.70. The Morgan fingerprint density at radius 2 is 2.04 bits per heavy atom. The smallest absolute Gasteiger partial charge is 0.328 e. The van der Waals surface area contributed by atoms with Crippen molar-refractivity contribution in [2.75, 3.05) is 0 Å². The number of rotatable bonds is 3. The number of aromatic amines is 1. The number of hydrogen-bond donors (Lipinski definition) is 2. The SMILES string of the molecule is O=c1[nH]cc(O)n1[C@@H]1C[C@H]1c1ccc(-c2ccc(F)c(F)c2)nc1. The number of benzene rings is 1. The van der Waals surface area contributed by atoms with Crippen LogP contribution in [0.5, 0.6) is 5.88 Å². The zero-order valence-electron chi connectivity index (χ0n) is 12.4. The van der Waals surface area contributed by atoms with Crippen LogP contribution in [0.15, 0.2) is 47.5 Å². The number of nitrogens with zero attached hydrogens (tertiary/aromatic N) is 2. The van der Waals surface area contributed by atoms with E-state index in [9.17, 15) is 18.7 Å². The summed E-state index contributed by atoms with van der Waals surface area (Å²) in [5.74, 6) is -1.80. The zero-order chi connectivity index (χ0) is 16.8. The molecule has 1 aliphatic rings. The predicted molar refractivity (Wildman–Crippen MR) is 82.7 cm³/mol. The summed E-state index contributed by atoms with van der Waals surface area (Å²) in [5.41, 5.74) is 1.62. The Morgan fingerprint density at radius 1 is 1.21 bits per heavy atom. The maximum absolute atomic E-state index is 13.3. The summed E-state index contributed by atoms with van der Waals surface area (Å²) in [6, 6.07) is 7.13. The Labute approximate surface area is 135 Å². The van der Waals surface area contributed by atoms with Gasteiger partial charge >= 0.3 is 5.69 Å². The van der Waals surface area contributed by atoms with Crippen LogP contribution in [0.3, 0.4) is 0 Å². The topological polar surface area (TPSA) is 70.9 Å². The molecule has 24 heavy (non-hydrogen) atoms. The molecule has 0 unspecified atom stereocenters. The van der Waals surface area contributed by atoms with E-state index >= 15 is 0 Å². The van der Waals surface area contributed by atoms with Crippen LogP contribution in [-0.2, 0) is 0 Å². The van der Waals surface area contributed by atoms with Crippen LogP contribution in [0.2, 0.25) is 0 Å². The molecule has 0 aliphatic heterocycles. The molecule has 0 saturated heterocycles. The van der Waals surface area contributed by atoms with Crippen LogP contribution in [0.25, 0.3) is 11.3 Å². The lowest BCUT2D eigenvalue weighted by atomic mass is 10.1. The van der Waals surface area contributed by atoms with Gasteiger partial charge in [-0.1, -0.05) is 6.07 Å². The third kappa shape index (κ3) is 2.38. The first-order chi connectivity index (χ1) is 11.5. The van der Waals surface area contributed by atoms with Crippen molar-refractivity contribution in [3.8, 4) is 17.1 Å². The molecule has 5 nitrogen and oxygen atoms in total. The van der Waals surface area contributed by atoms with E-state index in [1.165, 1.54) is 16.8 Å². The number of H-pyrrole nitrogens is 1. The number of nitrogens with one attached hydrogen (secondary N) is 1. The van der Waals surface area contributed by atoms with Gasteiger partial charge in [0.1, 0.15) is 0 Å². The average molecular weight is 329 g/mol. The number of hydrogen-bond acceptors (Lipinski definition) is 3. The average Bonchev–Trinajstić information content (AvgIpc) is 3.29. The van der Waals surface area contributed by atoms with Gasteiger partial charge in [0.05, 0.1) is 11.9 Å². The van der Waals surface area contributed by atoms with Gasteiger partial charge < -0.3 is 10.1 Å². The van der Waals surface area contributed by atoms with Gasteiger partial charge in [0, 0.05) is 23.7 Å². The summed E-state index contributed by atoms with van der Waals surface area (Å²) in [6.07, 6.45) is 3.66. The molecule has 0 spiro atoms. The molecule has 1 saturated carbocycles. The van der Waals surface area contributed by atoms with Gasteiger partial charge in [-0.25, -0.2) is 13.6 Å². The van der Waals surface area contributed by atoms with Crippen LogP contribution in [0.1, 0.15) is 23.9 Å². The minimum Gasteiger partial charge on any atom is -0.493 e. The molecule has 1 aliphatic carbocycles. The molecule has 2 atom stereocenters. The lowest BCUT2D eigenvalue weighted by Gasteiger charge is -2.05. The first-order valence-corrected chi connectivity index (χ1v) is 7.45. The first kappa shape index (κ1) is 14.6. The second-order valence-corrected chi connectivity index (χ2v) is 5.84. The van der Waals surface area contributed by atoms with E-state index < -0.39 is 11.6 Å². The van der Waals surface area contributed by atoms with Crippen LogP contribution < -0.4 is 5.69 Å². The van der Waals surface area contributed by atoms with Crippen molar-refractivity contribution < 1.29 is 13.9 Å². The Bertz CT molecular complexity index is 963. The highest BCUT2D eigenvalue weighted by Gasteiger charge is 2.42. The van der Waals surface area contributed by atoms with Gasteiger partial charge in [-0.15, -0.1) is 0 Å². The molecule has 3 aromatic rings. The van der Waals surface area contributed by atoms with Crippen molar-refractivity contribution in [2.45, 2.75) is 18.4 Å². The fraction of sp³-hybridized carbons (Fsp3) is 0.176. The van der Waals surface area contributed by atoms with Crippen molar-refractivity contribution in [3.05, 3.63) is 70.4 Å². The minimum atomic E-state index is -0.914. The fourth-order valence-electron chi connectivity index (χ4n) is 2.97. The Kier molecular flexibility index (Phi) is 3.23. The Morgan fingerprint density at radius 3 is 2.67 bits per heavy atom. The van der Waals surface area contributed by atoms with E-state index in [2.05, 4.69) is 9.97 Å². The summed E-state index contributed by atoms with van der Waals surface area (Å²) in [4.78, 5) is 18.4. The van der Waals surface area contributed by atoms with E-state index in [4.69, 9.17) is 0 Å². The molecule has 1 fully saturated rings. The van der Waals surface area contributed by atoms with Crippen LogP contribution >= 0.6 is 0 Å². The predicted octanol–water partition coefficient (Wildman–Crippen LogP) is 2.95. The summed E-state index contributed by atoms with van der Waals surface area (Å²) in [6.45, 7) is 0. The normalized spacial score (nSPS) is 19.4. The maximum Gasteiger partial charge on any atom is 0.328 e. The van der Waals surface area contributed by atoms with Gasteiger partial charge in [-0.2, -0.15) is 0 Å². The molecule has 2 heterocycles. The lowest BCUT2D eigenvalue weighted by molar-refractivity contribution is 0.413. The molecule has 0 radical (unpaired) electrons. The van der Waals surface area contributed by atoms with Crippen molar-refractivity contribution in [3.63, 3.8) is 0 Å². The van der Waals surface area contributed by atoms with Gasteiger partial charge in [0.2, 0.25) is 5.88 Å². The minimum absolute atomic E-state index is 0.0844. The van der Waals surface area contributed by atoms with Crippen molar-refractivity contribution in [1.82, 2.24) is 14.5 Å². The molecule has 7 heteroatoms.